The van der Waals surface area contributed by atoms with Crippen molar-refractivity contribution in [1.82, 2.24) is 15.5 Å². The summed E-state index contributed by atoms with van der Waals surface area (Å²) in [6.07, 6.45) is 1.13. The standard InChI is InChI=1S/C23H26ClN3O2/c1-14-3-4-15(2)17(9-14)12-25-19-11-21-22(28)26-20(23(29)27(21)13-19)10-16-5-7-18(24)8-6-16/h3-9,19-21,25H,10-13H2,1-2H3,(H,26,28)/t19-,20-,21-/m0/s1. The Morgan fingerprint density at radius 1 is 1.14 bits per heavy atom. The Morgan fingerprint density at radius 3 is 2.66 bits per heavy atom. The topological polar surface area (TPSA) is 61.4 Å². The summed E-state index contributed by atoms with van der Waals surface area (Å²) in [6.45, 7) is 5.50. The molecule has 0 aliphatic carbocycles. The maximum atomic E-state index is 13.0. The Kier molecular flexibility index (Phi) is 5.61. The van der Waals surface area contributed by atoms with Crippen molar-refractivity contribution in [3.63, 3.8) is 0 Å². The molecule has 0 aromatic heterocycles. The van der Waals surface area contributed by atoms with Crippen molar-refractivity contribution in [2.75, 3.05) is 6.54 Å². The molecular weight excluding hydrogens is 386 g/mol. The molecular formula is C23H26ClN3O2. The number of hydrogen-bond donors (Lipinski definition) is 2. The zero-order valence-electron chi connectivity index (χ0n) is 16.7. The minimum Gasteiger partial charge on any atom is -0.342 e. The molecule has 6 heteroatoms. The van der Waals surface area contributed by atoms with Gasteiger partial charge in [0.05, 0.1) is 0 Å². The van der Waals surface area contributed by atoms with Crippen molar-refractivity contribution in [2.24, 2.45) is 0 Å². The zero-order chi connectivity index (χ0) is 20.5. The number of carbonyl (C=O) groups is 2. The van der Waals surface area contributed by atoms with Crippen LogP contribution in [-0.4, -0.2) is 41.4 Å². The van der Waals surface area contributed by atoms with Crippen molar-refractivity contribution in [2.45, 2.75) is 51.4 Å². The number of piperazine rings is 1. The summed E-state index contributed by atoms with van der Waals surface area (Å²) in [5.74, 6) is -0.0554. The minimum atomic E-state index is -0.516. The van der Waals surface area contributed by atoms with Crippen LogP contribution in [0.4, 0.5) is 0 Å². The molecule has 2 aromatic rings. The molecule has 5 nitrogen and oxygen atoms in total. The third kappa shape index (κ3) is 4.31. The Morgan fingerprint density at radius 2 is 1.90 bits per heavy atom. The number of aryl methyl sites for hydroxylation is 2. The summed E-state index contributed by atoms with van der Waals surface area (Å²) in [5, 5.41) is 7.12. The molecule has 4 rings (SSSR count). The maximum Gasteiger partial charge on any atom is 0.246 e. The van der Waals surface area contributed by atoms with Crippen molar-refractivity contribution in [1.29, 1.82) is 0 Å². The highest BCUT2D eigenvalue weighted by molar-refractivity contribution is 6.30. The lowest BCUT2D eigenvalue weighted by atomic mass is 10.0. The number of nitrogens with one attached hydrogen (secondary N) is 2. The van der Waals surface area contributed by atoms with Gasteiger partial charge in [-0.3, -0.25) is 9.59 Å². The first-order chi connectivity index (χ1) is 13.9. The molecule has 3 atom stereocenters. The number of nitrogens with zero attached hydrogens (tertiary/aromatic N) is 1. The zero-order valence-corrected chi connectivity index (χ0v) is 17.5. The SMILES string of the molecule is Cc1ccc(C)c(CN[C@H]2C[C@H]3C(=O)N[C@@H](Cc4ccc(Cl)cc4)C(=O)N3C2)c1. The first kappa shape index (κ1) is 19.9. The first-order valence-corrected chi connectivity index (χ1v) is 10.4. The van der Waals surface area contributed by atoms with Gasteiger partial charge < -0.3 is 15.5 Å². The van der Waals surface area contributed by atoms with Crippen LogP contribution in [0.5, 0.6) is 0 Å². The van der Waals surface area contributed by atoms with E-state index in [4.69, 9.17) is 11.6 Å². The fourth-order valence-corrected chi connectivity index (χ4v) is 4.37. The number of halogens is 1. The van der Waals surface area contributed by atoms with Crippen LogP contribution < -0.4 is 10.6 Å². The fraction of sp³-hybridized carbons (Fsp3) is 0.391. The number of carbonyl (C=O) groups excluding carboxylic acids is 2. The second kappa shape index (κ2) is 8.17. The van der Waals surface area contributed by atoms with Crippen LogP contribution in [0, 0.1) is 13.8 Å². The first-order valence-electron chi connectivity index (χ1n) is 10.1. The third-order valence-electron chi connectivity index (χ3n) is 5.94. The van der Waals surface area contributed by atoms with Gasteiger partial charge in [-0.25, -0.2) is 0 Å². The molecule has 29 heavy (non-hydrogen) atoms. The maximum absolute atomic E-state index is 13.0. The van der Waals surface area contributed by atoms with Crippen LogP contribution >= 0.6 is 11.6 Å². The summed E-state index contributed by atoms with van der Waals surface area (Å²) < 4.78 is 0. The van der Waals surface area contributed by atoms with E-state index in [1.807, 2.05) is 12.1 Å². The number of benzene rings is 2. The van der Waals surface area contributed by atoms with Gasteiger partial charge in [0.2, 0.25) is 11.8 Å². The Balaban J connectivity index is 1.40. The highest BCUT2D eigenvalue weighted by Crippen LogP contribution is 2.25. The summed E-state index contributed by atoms with van der Waals surface area (Å²) in [5.41, 5.74) is 4.72. The third-order valence-corrected chi connectivity index (χ3v) is 6.19. The molecule has 152 valence electrons. The van der Waals surface area contributed by atoms with Gasteiger partial charge in [0, 0.05) is 30.6 Å². The van der Waals surface area contributed by atoms with E-state index < -0.39 is 6.04 Å². The van der Waals surface area contributed by atoms with E-state index in [0.717, 1.165) is 12.1 Å². The number of hydrogen-bond acceptors (Lipinski definition) is 3. The second-order valence-electron chi connectivity index (χ2n) is 8.14. The lowest BCUT2D eigenvalue weighted by Crippen LogP contribution is -2.61. The lowest BCUT2D eigenvalue weighted by Gasteiger charge is -2.34. The van der Waals surface area contributed by atoms with Gasteiger partial charge in [-0.15, -0.1) is 0 Å². The minimum absolute atomic E-state index is 0.000543. The molecule has 2 saturated heterocycles. The van der Waals surface area contributed by atoms with E-state index in [1.165, 1.54) is 16.7 Å². The van der Waals surface area contributed by atoms with Gasteiger partial charge in [0.1, 0.15) is 12.1 Å². The molecule has 2 N–H and O–H groups in total. The van der Waals surface area contributed by atoms with Gasteiger partial charge in [-0.2, -0.15) is 0 Å². The van der Waals surface area contributed by atoms with Crippen molar-refractivity contribution in [3.8, 4) is 0 Å². The number of fused-ring (bicyclic) bond motifs is 1. The van der Waals surface area contributed by atoms with Crippen LogP contribution in [0.2, 0.25) is 5.02 Å². The quantitative estimate of drug-likeness (QED) is 0.795. The molecule has 2 fully saturated rings. The summed E-state index contributed by atoms with van der Waals surface area (Å²) >= 11 is 5.94. The average Bonchev–Trinajstić information content (AvgIpc) is 3.13. The van der Waals surface area contributed by atoms with Gasteiger partial charge in [-0.05, 0) is 49.1 Å². The van der Waals surface area contributed by atoms with Gasteiger partial charge in [0.25, 0.3) is 0 Å². The predicted octanol–water partition coefficient (Wildman–Crippen LogP) is 2.76. The molecule has 0 radical (unpaired) electrons. The number of rotatable bonds is 5. The van der Waals surface area contributed by atoms with Gasteiger partial charge >= 0.3 is 0 Å². The molecule has 2 aliphatic rings. The van der Waals surface area contributed by atoms with E-state index in [9.17, 15) is 9.59 Å². The van der Waals surface area contributed by atoms with E-state index in [2.05, 4.69) is 42.7 Å². The molecule has 2 aliphatic heterocycles. The highest BCUT2D eigenvalue weighted by atomic mass is 35.5. The van der Waals surface area contributed by atoms with Crippen LogP contribution in [0.15, 0.2) is 42.5 Å². The summed E-state index contributed by atoms with van der Waals surface area (Å²) in [7, 11) is 0. The molecule has 0 bridgehead atoms. The Labute approximate surface area is 176 Å². The normalized spacial score (nSPS) is 23.8. The van der Waals surface area contributed by atoms with E-state index in [-0.39, 0.29) is 23.9 Å². The Hall–Kier alpha value is -2.37. The lowest BCUT2D eigenvalue weighted by molar-refractivity contribution is -0.147. The second-order valence-corrected chi connectivity index (χ2v) is 8.58. The van der Waals surface area contributed by atoms with E-state index in [0.29, 0.717) is 24.4 Å². The highest BCUT2D eigenvalue weighted by Gasteiger charge is 2.46. The van der Waals surface area contributed by atoms with E-state index in [1.54, 1.807) is 17.0 Å². The smallest absolute Gasteiger partial charge is 0.246 e. The molecule has 0 unspecified atom stereocenters. The molecule has 0 spiro atoms. The van der Waals surface area contributed by atoms with Gasteiger partial charge in [0.15, 0.2) is 0 Å². The monoisotopic (exact) mass is 411 g/mol. The summed E-state index contributed by atoms with van der Waals surface area (Å²) in [4.78, 5) is 27.4. The van der Waals surface area contributed by atoms with Crippen molar-refractivity contribution < 1.29 is 9.59 Å². The van der Waals surface area contributed by atoms with Crippen LogP contribution in [0.3, 0.4) is 0 Å². The van der Waals surface area contributed by atoms with E-state index >= 15 is 0 Å². The van der Waals surface area contributed by atoms with Crippen LogP contribution in [0.25, 0.3) is 0 Å². The predicted molar refractivity (Wildman–Crippen MR) is 114 cm³/mol. The Bertz CT molecular complexity index is 928. The molecule has 2 amide bonds. The van der Waals surface area contributed by atoms with Crippen molar-refractivity contribution in [3.05, 3.63) is 69.7 Å². The fourth-order valence-electron chi connectivity index (χ4n) is 4.25. The number of amides is 2. The molecule has 2 heterocycles. The van der Waals surface area contributed by atoms with Crippen LogP contribution in [-0.2, 0) is 22.6 Å². The van der Waals surface area contributed by atoms with Crippen LogP contribution in [0.1, 0.15) is 28.7 Å². The molecule has 2 aromatic carbocycles. The van der Waals surface area contributed by atoms with Gasteiger partial charge in [-0.1, -0.05) is 47.5 Å². The largest absolute Gasteiger partial charge is 0.342 e. The average molecular weight is 412 g/mol. The summed E-state index contributed by atoms with van der Waals surface area (Å²) in [6, 6.07) is 13.0. The molecule has 0 saturated carbocycles. The van der Waals surface area contributed by atoms with Crippen molar-refractivity contribution >= 4 is 23.4 Å².